The zero-order valence-electron chi connectivity index (χ0n) is 11.6. The number of benzene rings is 1. The smallest absolute Gasteiger partial charge is 0.305 e. The maximum absolute atomic E-state index is 12.0. The second-order valence-electron chi connectivity index (χ2n) is 4.42. The SMILES string of the molecule is COC(=O)CCCS(=O)(=O)N(C)Cc1cccc(O)c1. The fourth-order valence-electron chi connectivity index (χ4n) is 1.67. The number of sulfonamides is 1. The average Bonchev–Trinajstić information content (AvgIpc) is 2.38. The van der Waals surface area contributed by atoms with Crippen molar-refractivity contribution in [1.29, 1.82) is 0 Å². The molecule has 1 aromatic rings. The number of phenolic OH excluding ortho intramolecular Hbond substituents is 1. The molecule has 0 atom stereocenters. The van der Waals surface area contributed by atoms with E-state index < -0.39 is 16.0 Å². The number of nitrogens with zero attached hydrogens (tertiary/aromatic N) is 1. The van der Waals surface area contributed by atoms with E-state index in [1.54, 1.807) is 12.1 Å². The second-order valence-corrected chi connectivity index (χ2v) is 6.62. The lowest BCUT2D eigenvalue weighted by molar-refractivity contribution is -0.140. The van der Waals surface area contributed by atoms with Crippen molar-refractivity contribution < 1.29 is 23.1 Å². The lowest BCUT2D eigenvalue weighted by Gasteiger charge is -2.17. The van der Waals surface area contributed by atoms with Crippen molar-refractivity contribution in [3.8, 4) is 5.75 Å². The summed E-state index contributed by atoms with van der Waals surface area (Å²) in [5.41, 5.74) is 0.698. The Labute approximate surface area is 119 Å². The van der Waals surface area contributed by atoms with Crippen LogP contribution in [0.1, 0.15) is 18.4 Å². The van der Waals surface area contributed by atoms with Gasteiger partial charge in [0.1, 0.15) is 5.75 Å². The molecule has 0 fully saturated rings. The summed E-state index contributed by atoms with van der Waals surface area (Å²) in [4.78, 5) is 10.9. The van der Waals surface area contributed by atoms with Gasteiger partial charge in [0.15, 0.2) is 0 Å². The Morgan fingerprint density at radius 2 is 2.10 bits per heavy atom. The zero-order valence-corrected chi connectivity index (χ0v) is 12.4. The van der Waals surface area contributed by atoms with Crippen LogP contribution in [-0.2, 0) is 26.1 Å². The predicted octanol–water partition coefficient (Wildman–Crippen LogP) is 1.11. The molecule has 0 heterocycles. The van der Waals surface area contributed by atoms with E-state index in [4.69, 9.17) is 0 Å². The predicted molar refractivity (Wildman–Crippen MR) is 74.6 cm³/mol. The molecule has 20 heavy (non-hydrogen) atoms. The summed E-state index contributed by atoms with van der Waals surface area (Å²) in [7, 11) is -0.693. The molecule has 0 spiro atoms. The van der Waals surface area contributed by atoms with E-state index in [0.29, 0.717) is 5.56 Å². The number of esters is 1. The molecule has 1 rings (SSSR count). The summed E-state index contributed by atoms with van der Waals surface area (Å²) in [6.07, 6.45) is 0.301. The topological polar surface area (TPSA) is 83.9 Å². The fraction of sp³-hybridized carbons (Fsp3) is 0.462. The molecular formula is C13H19NO5S. The van der Waals surface area contributed by atoms with Crippen LogP contribution in [0.3, 0.4) is 0 Å². The van der Waals surface area contributed by atoms with Crippen LogP contribution in [0.4, 0.5) is 0 Å². The molecule has 1 N–H and O–H groups in total. The quantitative estimate of drug-likeness (QED) is 0.763. The molecule has 6 nitrogen and oxygen atoms in total. The van der Waals surface area contributed by atoms with Gasteiger partial charge in [0.05, 0.1) is 12.9 Å². The van der Waals surface area contributed by atoms with E-state index in [1.165, 1.54) is 30.6 Å². The van der Waals surface area contributed by atoms with E-state index in [-0.39, 0.29) is 30.9 Å². The van der Waals surface area contributed by atoms with E-state index >= 15 is 0 Å². The maximum Gasteiger partial charge on any atom is 0.305 e. The van der Waals surface area contributed by atoms with Crippen LogP contribution in [0.2, 0.25) is 0 Å². The molecule has 0 bridgehead atoms. The third-order valence-corrected chi connectivity index (χ3v) is 4.68. The Morgan fingerprint density at radius 1 is 1.40 bits per heavy atom. The first kappa shape index (κ1) is 16.5. The van der Waals surface area contributed by atoms with Crippen LogP contribution in [0, 0.1) is 0 Å². The molecule has 7 heteroatoms. The average molecular weight is 301 g/mol. The van der Waals surface area contributed by atoms with Gasteiger partial charge in [-0.15, -0.1) is 0 Å². The Balaban J connectivity index is 2.56. The van der Waals surface area contributed by atoms with Gasteiger partial charge >= 0.3 is 5.97 Å². The highest BCUT2D eigenvalue weighted by Gasteiger charge is 2.18. The van der Waals surface area contributed by atoms with Crippen LogP contribution in [-0.4, -0.2) is 43.7 Å². The highest BCUT2D eigenvalue weighted by atomic mass is 32.2. The second kappa shape index (κ2) is 7.25. The minimum absolute atomic E-state index is 0.0791. The van der Waals surface area contributed by atoms with Gasteiger partial charge in [0, 0.05) is 20.0 Å². The van der Waals surface area contributed by atoms with Crippen LogP contribution in [0.5, 0.6) is 5.75 Å². The Bertz CT molecular complexity index is 556. The van der Waals surface area contributed by atoms with Crippen molar-refractivity contribution in [2.45, 2.75) is 19.4 Å². The fourth-order valence-corrected chi connectivity index (χ4v) is 2.83. The summed E-state index contributed by atoms with van der Waals surface area (Å²) in [6, 6.07) is 6.43. The van der Waals surface area contributed by atoms with E-state index in [9.17, 15) is 18.3 Å². The highest BCUT2D eigenvalue weighted by molar-refractivity contribution is 7.89. The van der Waals surface area contributed by atoms with E-state index in [1.807, 2.05) is 0 Å². The minimum Gasteiger partial charge on any atom is -0.508 e. The molecule has 0 saturated heterocycles. The first-order chi connectivity index (χ1) is 9.35. The van der Waals surface area contributed by atoms with Gasteiger partial charge in [-0.1, -0.05) is 12.1 Å². The Hall–Kier alpha value is -1.60. The molecular weight excluding hydrogens is 282 g/mol. The van der Waals surface area contributed by atoms with Crippen molar-refractivity contribution >= 4 is 16.0 Å². The van der Waals surface area contributed by atoms with Crippen LogP contribution in [0.15, 0.2) is 24.3 Å². The molecule has 0 amide bonds. The van der Waals surface area contributed by atoms with Gasteiger partial charge in [-0.05, 0) is 24.1 Å². The third-order valence-electron chi connectivity index (χ3n) is 2.80. The van der Waals surface area contributed by atoms with Crippen molar-refractivity contribution in [2.24, 2.45) is 0 Å². The van der Waals surface area contributed by atoms with Crippen molar-refractivity contribution in [3.63, 3.8) is 0 Å². The number of hydrogen-bond acceptors (Lipinski definition) is 5. The summed E-state index contributed by atoms with van der Waals surface area (Å²) < 4.78 is 29.7. The number of carbonyl (C=O) groups excluding carboxylic acids is 1. The van der Waals surface area contributed by atoms with Gasteiger partial charge in [0.2, 0.25) is 10.0 Å². The Morgan fingerprint density at radius 3 is 2.70 bits per heavy atom. The number of ether oxygens (including phenoxy) is 1. The number of carbonyl (C=O) groups is 1. The van der Waals surface area contributed by atoms with Gasteiger partial charge in [-0.25, -0.2) is 12.7 Å². The van der Waals surface area contributed by atoms with E-state index in [0.717, 1.165) is 0 Å². The number of aromatic hydroxyl groups is 1. The van der Waals surface area contributed by atoms with Gasteiger partial charge in [-0.2, -0.15) is 0 Å². The highest BCUT2D eigenvalue weighted by Crippen LogP contribution is 2.14. The first-order valence-electron chi connectivity index (χ1n) is 6.14. The number of phenols is 1. The van der Waals surface area contributed by atoms with E-state index in [2.05, 4.69) is 4.74 Å². The van der Waals surface area contributed by atoms with Crippen molar-refractivity contribution in [3.05, 3.63) is 29.8 Å². The molecule has 0 radical (unpaired) electrons. The minimum atomic E-state index is -3.43. The lowest BCUT2D eigenvalue weighted by Crippen LogP contribution is -2.29. The monoisotopic (exact) mass is 301 g/mol. The summed E-state index contributed by atoms with van der Waals surface area (Å²) in [5.74, 6) is -0.438. The Kier molecular flexibility index (Phi) is 5.97. The molecule has 0 unspecified atom stereocenters. The molecule has 1 aromatic carbocycles. The normalized spacial score (nSPS) is 11.6. The number of rotatable bonds is 7. The van der Waals surface area contributed by atoms with Crippen LogP contribution in [0.25, 0.3) is 0 Å². The van der Waals surface area contributed by atoms with Gasteiger partial charge in [-0.3, -0.25) is 4.79 Å². The zero-order chi connectivity index (χ0) is 15.2. The summed E-state index contributed by atoms with van der Waals surface area (Å²) >= 11 is 0. The third kappa shape index (κ3) is 5.18. The van der Waals surface area contributed by atoms with Gasteiger partial charge < -0.3 is 9.84 Å². The molecule has 0 aliphatic rings. The molecule has 0 saturated carbocycles. The largest absolute Gasteiger partial charge is 0.508 e. The van der Waals surface area contributed by atoms with Gasteiger partial charge in [0.25, 0.3) is 0 Å². The molecule has 0 aromatic heterocycles. The number of hydrogen-bond donors (Lipinski definition) is 1. The lowest BCUT2D eigenvalue weighted by atomic mass is 10.2. The maximum atomic E-state index is 12.0. The number of methoxy groups -OCH3 is 1. The van der Waals surface area contributed by atoms with Crippen LogP contribution < -0.4 is 0 Å². The summed E-state index contributed by atoms with van der Waals surface area (Å²) in [5, 5.41) is 9.34. The first-order valence-corrected chi connectivity index (χ1v) is 7.75. The molecule has 112 valence electrons. The molecule has 0 aliphatic carbocycles. The standard InChI is InChI=1S/C13H19NO5S/c1-14(10-11-5-3-6-12(15)9-11)20(17,18)8-4-7-13(16)19-2/h3,5-6,9,15H,4,7-8,10H2,1-2H3. The van der Waals surface area contributed by atoms with Crippen LogP contribution >= 0.6 is 0 Å². The molecule has 0 aliphatic heterocycles. The summed E-state index contributed by atoms with van der Waals surface area (Å²) in [6.45, 7) is 0.176. The van der Waals surface area contributed by atoms with Crippen molar-refractivity contribution in [1.82, 2.24) is 4.31 Å². The van der Waals surface area contributed by atoms with Crippen molar-refractivity contribution in [2.75, 3.05) is 19.9 Å².